The molecule has 2 heterocycles. The summed E-state index contributed by atoms with van der Waals surface area (Å²) in [5, 5.41) is -0.769. The van der Waals surface area contributed by atoms with Crippen LogP contribution in [0.5, 0.6) is 0 Å². The standard InChI is InChI=1S/C30H32ClN3O2/c31-27(23-11-4-1-5-12-23)30(36)34-18-10-17-26(34)29(35)33-21-19-32(20-22-33)28(24-13-6-2-7-14-24)25-15-8-3-9-16-25/h1-9,11-16,26-28H,10,17-22H2. The molecule has 36 heavy (non-hydrogen) atoms. The van der Waals surface area contributed by atoms with E-state index in [0.29, 0.717) is 26.1 Å². The van der Waals surface area contributed by atoms with Gasteiger partial charge in [0.25, 0.3) is 0 Å². The Morgan fingerprint density at radius 3 is 1.72 bits per heavy atom. The van der Waals surface area contributed by atoms with Gasteiger partial charge in [0.1, 0.15) is 11.4 Å². The molecule has 3 aromatic rings. The molecule has 0 aliphatic carbocycles. The van der Waals surface area contributed by atoms with Crippen molar-refractivity contribution in [2.45, 2.75) is 30.3 Å². The van der Waals surface area contributed by atoms with Crippen molar-refractivity contribution < 1.29 is 9.59 Å². The van der Waals surface area contributed by atoms with E-state index in [1.54, 1.807) is 4.90 Å². The summed E-state index contributed by atoms with van der Waals surface area (Å²) in [5.41, 5.74) is 3.28. The molecule has 0 spiro atoms. The molecule has 2 fully saturated rings. The molecule has 0 saturated carbocycles. The molecule has 0 bridgehead atoms. The highest BCUT2D eigenvalue weighted by Gasteiger charge is 2.40. The Balaban J connectivity index is 1.26. The average Bonchev–Trinajstić information content (AvgIpc) is 3.44. The molecular weight excluding hydrogens is 470 g/mol. The van der Waals surface area contributed by atoms with Gasteiger partial charge >= 0.3 is 0 Å². The van der Waals surface area contributed by atoms with Gasteiger partial charge in [0, 0.05) is 32.7 Å². The Morgan fingerprint density at radius 1 is 0.694 bits per heavy atom. The topological polar surface area (TPSA) is 43.9 Å². The van der Waals surface area contributed by atoms with Crippen molar-refractivity contribution in [3.8, 4) is 0 Å². The SMILES string of the molecule is O=C(C1CCCN1C(=O)C(Cl)c1ccccc1)N1CCN(C(c2ccccc2)c2ccccc2)CC1. The Kier molecular flexibility index (Phi) is 7.69. The van der Waals surface area contributed by atoms with Crippen LogP contribution >= 0.6 is 11.6 Å². The molecule has 2 amide bonds. The lowest BCUT2D eigenvalue weighted by atomic mass is 9.96. The quantitative estimate of drug-likeness (QED) is 0.452. The molecule has 0 N–H and O–H groups in total. The molecule has 2 aliphatic rings. The molecule has 186 valence electrons. The van der Waals surface area contributed by atoms with Crippen LogP contribution in [0.4, 0.5) is 0 Å². The first-order valence-electron chi connectivity index (χ1n) is 12.8. The fourth-order valence-corrected chi connectivity index (χ4v) is 5.76. The van der Waals surface area contributed by atoms with E-state index >= 15 is 0 Å². The Labute approximate surface area is 218 Å². The van der Waals surface area contributed by atoms with E-state index in [1.165, 1.54) is 11.1 Å². The number of alkyl halides is 1. The lowest BCUT2D eigenvalue weighted by Crippen LogP contribution is -2.55. The fraction of sp³-hybridized carbons (Fsp3) is 0.333. The van der Waals surface area contributed by atoms with E-state index in [4.69, 9.17) is 11.6 Å². The summed E-state index contributed by atoms with van der Waals surface area (Å²) in [6.07, 6.45) is 1.52. The van der Waals surface area contributed by atoms with Crippen molar-refractivity contribution in [2.24, 2.45) is 0 Å². The summed E-state index contributed by atoms with van der Waals surface area (Å²) in [6.45, 7) is 3.44. The molecule has 2 unspecified atom stereocenters. The lowest BCUT2D eigenvalue weighted by Gasteiger charge is -2.41. The van der Waals surface area contributed by atoms with Gasteiger partial charge in [0.05, 0.1) is 6.04 Å². The third-order valence-electron chi connectivity index (χ3n) is 7.35. The zero-order chi connectivity index (χ0) is 24.9. The van der Waals surface area contributed by atoms with Gasteiger partial charge in [-0.15, -0.1) is 11.6 Å². The van der Waals surface area contributed by atoms with Gasteiger partial charge in [0.15, 0.2) is 0 Å². The Hall–Kier alpha value is -3.15. The summed E-state index contributed by atoms with van der Waals surface area (Å²) in [4.78, 5) is 32.9. The van der Waals surface area contributed by atoms with Gasteiger partial charge in [-0.05, 0) is 29.5 Å². The smallest absolute Gasteiger partial charge is 0.245 e. The first-order chi connectivity index (χ1) is 17.6. The van der Waals surface area contributed by atoms with Gasteiger partial charge in [-0.25, -0.2) is 0 Å². The van der Waals surface area contributed by atoms with Gasteiger partial charge < -0.3 is 9.80 Å². The predicted octanol–water partition coefficient (Wildman–Crippen LogP) is 4.89. The zero-order valence-electron chi connectivity index (χ0n) is 20.4. The van der Waals surface area contributed by atoms with E-state index in [-0.39, 0.29) is 17.9 Å². The molecule has 0 radical (unpaired) electrons. The van der Waals surface area contributed by atoms with E-state index in [0.717, 1.165) is 25.1 Å². The number of nitrogens with zero attached hydrogens (tertiary/aromatic N) is 3. The van der Waals surface area contributed by atoms with Crippen molar-refractivity contribution in [1.29, 1.82) is 0 Å². The fourth-order valence-electron chi connectivity index (χ4n) is 5.49. The summed E-state index contributed by atoms with van der Waals surface area (Å²) in [5.74, 6) is -0.126. The van der Waals surface area contributed by atoms with Crippen molar-refractivity contribution in [2.75, 3.05) is 32.7 Å². The first-order valence-corrected chi connectivity index (χ1v) is 13.2. The van der Waals surface area contributed by atoms with Crippen LogP contribution in [-0.4, -0.2) is 65.3 Å². The van der Waals surface area contributed by atoms with E-state index in [1.807, 2.05) is 47.4 Å². The number of likely N-dealkylation sites (tertiary alicyclic amines) is 1. The van der Waals surface area contributed by atoms with Crippen molar-refractivity contribution in [3.63, 3.8) is 0 Å². The van der Waals surface area contributed by atoms with Gasteiger partial charge in [0.2, 0.25) is 11.8 Å². The van der Waals surface area contributed by atoms with Crippen LogP contribution < -0.4 is 0 Å². The minimum absolute atomic E-state index is 0.0494. The van der Waals surface area contributed by atoms with Crippen LogP contribution in [-0.2, 0) is 9.59 Å². The molecule has 6 heteroatoms. The normalized spacial score (nSPS) is 19.4. The third-order valence-corrected chi connectivity index (χ3v) is 7.79. The third kappa shape index (κ3) is 5.18. The minimum Gasteiger partial charge on any atom is -0.338 e. The second kappa shape index (κ2) is 11.3. The summed E-state index contributed by atoms with van der Waals surface area (Å²) in [6, 6.07) is 30.2. The Bertz CT molecular complexity index is 1110. The molecule has 3 aromatic carbocycles. The van der Waals surface area contributed by atoms with Crippen LogP contribution in [0.15, 0.2) is 91.0 Å². The number of hydrogen-bond acceptors (Lipinski definition) is 3. The number of halogens is 1. The van der Waals surface area contributed by atoms with Crippen LogP contribution in [0.3, 0.4) is 0 Å². The van der Waals surface area contributed by atoms with Crippen molar-refractivity contribution >= 4 is 23.4 Å². The number of piperazine rings is 1. The second-order valence-electron chi connectivity index (χ2n) is 9.55. The number of carbonyl (C=O) groups excluding carboxylic acids is 2. The molecule has 5 nitrogen and oxygen atoms in total. The number of rotatable bonds is 6. The Morgan fingerprint density at radius 2 is 1.19 bits per heavy atom. The maximum absolute atomic E-state index is 13.6. The van der Waals surface area contributed by atoms with E-state index < -0.39 is 11.4 Å². The maximum Gasteiger partial charge on any atom is 0.245 e. The van der Waals surface area contributed by atoms with Crippen molar-refractivity contribution in [3.05, 3.63) is 108 Å². The number of benzene rings is 3. The largest absolute Gasteiger partial charge is 0.338 e. The van der Waals surface area contributed by atoms with Gasteiger partial charge in [-0.1, -0.05) is 91.0 Å². The summed E-state index contributed by atoms with van der Waals surface area (Å²) >= 11 is 6.54. The molecule has 2 atom stereocenters. The molecule has 2 saturated heterocycles. The molecule has 2 aliphatic heterocycles. The number of carbonyl (C=O) groups is 2. The average molecular weight is 502 g/mol. The maximum atomic E-state index is 13.6. The summed E-state index contributed by atoms with van der Waals surface area (Å²) < 4.78 is 0. The highest BCUT2D eigenvalue weighted by molar-refractivity contribution is 6.31. The minimum atomic E-state index is -0.769. The highest BCUT2D eigenvalue weighted by atomic mass is 35.5. The van der Waals surface area contributed by atoms with E-state index in [9.17, 15) is 9.59 Å². The second-order valence-corrected chi connectivity index (χ2v) is 9.98. The zero-order valence-corrected chi connectivity index (χ0v) is 21.1. The van der Waals surface area contributed by atoms with Gasteiger partial charge in [-0.2, -0.15) is 0 Å². The summed E-state index contributed by atoms with van der Waals surface area (Å²) in [7, 11) is 0. The monoisotopic (exact) mass is 501 g/mol. The predicted molar refractivity (Wildman–Crippen MR) is 143 cm³/mol. The van der Waals surface area contributed by atoms with Crippen LogP contribution in [0.25, 0.3) is 0 Å². The van der Waals surface area contributed by atoms with Gasteiger partial charge in [-0.3, -0.25) is 14.5 Å². The van der Waals surface area contributed by atoms with Crippen LogP contribution in [0.2, 0.25) is 0 Å². The molecular formula is C30H32ClN3O2. The van der Waals surface area contributed by atoms with Crippen molar-refractivity contribution in [1.82, 2.24) is 14.7 Å². The number of hydrogen-bond donors (Lipinski definition) is 0. The number of amides is 2. The van der Waals surface area contributed by atoms with E-state index in [2.05, 4.69) is 53.4 Å². The lowest BCUT2D eigenvalue weighted by molar-refractivity contribution is -0.145. The highest BCUT2D eigenvalue weighted by Crippen LogP contribution is 2.31. The van der Waals surface area contributed by atoms with Crippen LogP contribution in [0, 0.1) is 0 Å². The van der Waals surface area contributed by atoms with Crippen LogP contribution in [0.1, 0.15) is 41.0 Å². The molecule has 5 rings (SSSR count). The molecule has 0 aromatic heterocycles. The first kappa shape index (κ1) is 24.5.